The molecule has 0 saturated carbocycles. The van der Waals surface area contributed by atoms with Gasteiger partial charge in [-0.15, -0.1) is 0 Å². The number of rotatable bonds is 1. The van der Waals surface area contributed by atoms with Gasteiger partial charge in [0.15, 0.2) is 0 Å². The number of likely N-dealkylation sites (N-methyl/N-ethyl adjacent to an activating group) is 1. The molecule has 14 heavy (non-hydrogen) atoms. The van der Waals surface area contributed by atoms with E-state index in [4.69, 9.17) is 0 Å². The topological polar surface area (TPSA) is 3.24 Å². The van der Waals surface area contributed by atoms with Crippen molar-refractivity contribution in [1.82, 2.24) is 4.90 Å². The third-order valence-corrected chi connectivity index (χ3v) is 4.98. The van der Waals surface area contributed by atoms with Gasteiger partial charge in [-0.05, 0) is 22.6 Å². The van der Waals surface area contributed by atoms with Crippen molar-refractivity contribution in [2.24, 2.45) is 0 Å². The van der Waals surface area contributed by atoms with Gasteiger partial charge in [0.05, 0.1) is 0 Å². The van der Waals surface area contributed by atoms with Gasteiger partial charge < -0.3 is 0 Å². The first-order valence-corrected chi connectivity index (χ1v) is 7.80. The van der Waals surface area contributed by atoms with Gasteiger partial charge in [0.1, 0.15) is 0 Å². The van der Waals surface area contributed by atoms with E-state index in [2.05, 4.69) is 28.0 Å². The smallest absolute Gasteiger partial charge is 0.0290 e. The van der Waals surface area contributed by atoms with Crippen molar-refractivity contribution in [1.29, 1.82) is 0 Å². The Morgan fingerprint density at radius 3 is 2.93 bits per heavy atom. The van der Waals surface area contributed by atoms with E-state index < -0.39 is 0 Å². The normalized spacial score (nSPS) is 20.8. The fraction of sp³-hybridized carbons (Fsp3) is 0.583. The van der Waals surface area contributed by atoms with Crippen LogP contribution in [-0.2, 0) is 0 Å². The predicted molar refractivity (Wildman–Crippen MR) is 74.3 cm³/mol. The summed E-state index contributed by atoms with van der Waals surface area (Å²) in [4.78, 5) is 2.55. The molecule has 2 heterocycles. The van der Waals surface area contributed by atoms with Crippen molar-refractivity contribution in [2.75, 3.05) is 19.6 Å². The molecule has 0 atom stereocenters. The van der Waals surface area contributed by atoms with Gasteiger partial charge in [0.25, 0.3) is 0 Å². The number of hydrogen-bond acceptors (Lipinski definition) is 1. The Labute approximate surface area is 97.6 Å². The second kappa shape index (κ2) is 6.51. The van der Waals surface area contributed by atoms with Crippen LogP contribution < -0.4 is 0 Å². The molecule has 0 N–H and O–H groups in total. The van der Waals surface area contributed by atoms with E-state index in [-0.39, 0.29) is 20.7 Å². The lowest BCUT2D eigenvalue weighted by Crippen LogP contribution is -2.30. The van der Waals surface area contributed by atoms with Gasteiger partial charge in [-0.2, -0.15) is 0 Å². The second-order valence-electron chi connectivity index (χ2n) is 3.14. The number of hydrogen-bond donors (Lipinski definition) is 0. The van der Waals surface area contributed by atoms with E-state index in [9.17, 15) is 0 Å². The minimum atomic E-state index is 0.246. The van der Waals surface area contributed by atoms with Crippen molar-refractivity contribution in [3.05, 3.63) is 21.3 Å². The molecule has 0 spiro atoms. The Bertz CT molecular complexity index is 263. The van der Waals surface area contributed by atoms with Crippen LogP contribution in [0.15, 0.2) is 21.3 Å². The first-order chi connectivity index (χ1) is 6.90. The summed E-state index contributed by atoms with van der Waals surface area (Å²) in [5.74, 6) is 0. The summed E-state index contributed by atoms with van der Waals surface area (Å²) in [7, 11) is 0. The van der Waals surface area contributed by atoms with Crippen LogP contribution in [0.2, 0.25) is 0 Å². The van der Waals surface area contributed by atoms with Gasteiger partial charge in [0.2, 0.25) is 0 Å². The van der Waals surface area contributed by atoms with Crippen LogP contribution in [0.25, 0.3) is 0 Å². The summed E-state index contributed by atoms with van der Waals surface area (Å²) in [6.45, 7) is 9.99. The molecule has 0 unspecified atom stereocenters. The highest BCUT2D eigenvalue weighted by molar-refractivity contribution is 14.2. The fourth-order valence-corrected chi connectivity index (χ4v) is 3.98. The third-order valence-electron chi connectivity index (χ3n) is 2.42. The number of allylic oxidation sites excluding steroid dienone is 2. The molecule has 0 aliphatic carbocycles. The molecule has 2 rings (SSSR count). The first kappa shape index (κ1) is 12.1. The average Bonchev–Trinajstić information content (AvgIpc) is 2.31. The van der Waals surface area contributed by atoms with Gasteiger partial charge in [-0.25, -0.2) is 0 Å². The molecule has 2 aliphatic rings. The molecule has 1 nitrogen and oxygen atoms in total. The van der Waals surface area contributed by atoms with Crippen molar-refractivity contribution < 1.29 is 0 Å². The lowest BCUT2D eigenvalue weighted by atomic mass is 10.1. The quantitative estimate of drug-likeness (QED) is 0.672. The lowest BCUT2D eigenvalue weighted by Gasteiger charge is -2.28. The van der Waals surface area contributed by atoms with Crippen LogP contribution >= 0.6 is 20.7 Å². The number of halogens is 1. The van der Waals surface area contributed by atoms with Gasteiger partial charge in [-0.1, -0.05) is 53.7 Å². The summed E-state index contributed by atoms with van der Waals surface area (Å²) >= 11 is 0.246. The Morgan fingerprint density at radius 2 is 2.21 bits per heavy atom. The molecular formula is C12H20IN. The van der Waals surface area contributed by atoms with E-state index in [1.807, 2.05) is 13.8 Å². The zero-order valence-electron chi connectivity index (χ0n) is 9.39. The maximum atomic E-state index is 2.55. The van der Waals surface area contributed by atoms with Gasteiger partial charge in [-0.3, -0.25) is 4.90 Å². The molecule has 0 bridgehead atoms. The van der Waals surface area contributed by atoms with Crippen molar-refractivity contribution in [2.45, 2.75) is 27.2 Å². The minimum absolute atomic E-state index is 0.246. The summed E-state index contributed by atoms with van der Waals surface area (Å²) in [5, 5.41) is 0. The van der Waals surface area contributed by atoms with Crippen LogP contribution in [0.3, 0.4) is 0 Å². The molecule has 80 valence electrons. The second-order valence-corrected chi connectivity index (χ2v) is 5.79. The minimum Gasteiger partial charge on any atom is -0.299 e. The first-order valence-electron chi connectivity index (χ1n) is 5.48. The summed E-state index contributed by atoms with van der Waals surface area (Å²) in [6, 6.07) is 0. The van der Waals surface area contributed by atoms with Crippen LogP contribution in [0.1, 0.15) is 27.2 Å². The molecule has 0 aromatic carbocycles. The molecule has 0 radical (unpaired) electrons. The van der Waals surface area contributed by atoms with Crippen LogP contribution in [0.4, 0.5) is 0 Å². The standard InChI is InChI=1S/C10H14IN.C2H6/c1-2-12-7-5-9-4-3-6-11-10(9)8-12;1-2/h3-4,6H,2,5,7-8H2,1H3;1-2H3. The molecule has 2 aliphatic heterocycles. The predicted octanol–water partition coefficient (Wildman–Crippen LogP) is 3.34. The highest BCUT2D eigenvalue weighted by atomic mass is 127. The van der Waals surface area contributed by atoms with E-state index in [0.29, 0.717) is 0 Å². The van der Waals surface area contributed by atoms with Crippen molar-refractivity contribution >= 4 is 24.7 Å². The van der Waals surface area contributed by atoms with E-state index >= 15 is 0 Å². The maximum absolute atomic E-state index is 2.55. The van der Waals surface area contributed by atoms with E-state index in [1.54, 1.807) is 9.15 Å². The Morgan fingerprint density at radius 1 is 1.43 bits per heavy atom. The van der Waals surface area contributed by atoms with Crippen LogP contribution in [-0.4, -0.2) is 28.5 Å². The maximum Gasteiger partial charge on any atom is 0.0290 e. The van der Waals surface area contributed by atoms with E-state index in [1.165, 1.54) is 26.1 Å². The molecular weight excluding hydrogens is 285 g/mol. The van der Waals surface area contributed by atoms with Crippen LogP contribution in [0.5, 0.6) is 0 Å². The lowest BCUT2D eigenvalue weighted by molar-refractivity contribution is 0.310. The Kier molecular flexibility index (Phi) is 5.63. The molecule has 0 aromatic rings. The van der Waals surface area contributed by atoms with Gasteiger partial charge in [0, 0.05) is 16.7 Å². The van der Waals surface area contributed by atoms with Crippen LogP contribution in [0, 0.1) is 0 Å². The molecule has 0 saturated heterocycles. The van der Waals surface area contributed by atoms with Crippen molar-refractivity contribution in [3.8, 4) is 0 Å². The Hall–Kier alpha value is 0.0400. The summed E-state index contributed by atoms with van der Waals surface area (Å²) in [5.41, 5.74) is 1.65. The highest BCUT2D eigenvalue weighted by Gasteiger charge is 2.15. The van der Waals surface area contributed by atoms with Gasteiger partial charge >= 0.3 is 0 Å². The summed E-state index contributed by atoms with van der Waals surface area (Å²) in [6.07, 6.45) is 5.84. The number of nitrogens with zero attached hydrogens (tertiary/aromatic N) is 1. The largest absolute Gasteiger partial charge is 0.299 e. The average molecular weight is 305 g/mol. The highest BCUT2D eigenvalue weighted by Crippen LogP contribution is 2.29. The fourth-order valence-electron chi connectivity index (χ4n) is 1.60. The molecule has 0 amide bonds. The zero-order valence-corrected chi connectivity index (χ0v) is 11.5. The SMILES string of the molecule is CC.CCN1CCC2=C(C1)I=CC=C2. The summed E-state index contributed by atoms with van der Waals surface area (Å²) < 4.78 is 4.13. The molecule has 2 heteroatoms. The monoisotopic (exact) mass is 305 g/mol. The Balaban J connectivity index is 0.000000461. The third kappa shape index (κ3) is 3.02. The zero-order chi connectivity index (χ0) is 10.4. The van der Waals surface area contributed by atoms with E-state index in [0.717, 1.165) is 0 Å². The molecule has 0 aromatic heterocycles. The molecule has 0 fully saturated rings. The van der Waals surface area contributed by atoms with Crippen molar-refractivity contribution in [3.63, 3.8) is 0 Å².